The maximum Gasteiger partial charge on any atom is 0.302 e. The van der Waals surface area contributed by atoms with E-state index in [0.29, 0.717) is 30.8 Å². The fourth-order valence-corrected chi connectivity index (χ4v) is 6.45. The minimum absolute atomic E-state index is 0.0108. The van der Waals surface area contributed by atoms with Crippen LogP contribution >= 0.6 is 11.6 Å². The number of nitrogens with one attached hydrogen (secondary N) is 2. The van der Waals surface area contributed by atoms with Gasteiger partial charge in [0.25, 0.3) is 0 Å². The average Bonchev–Trinajstić information content (AvgIpc) is 3.60. The highest BCUT2D eigenvalue weighted by Gasteiger charge is 2.38. The van der Waals surface area contributed by atoms with E-state index in [0.717, 1.165) is 23.1 Å². The molecule has 0 saturated carbocycles. The Morgan fingerprint density at radius 1 is 0.962 bits per heavy atom. The molecule has 1 fully saturated rings. The molecule has 4 unspecified atom stereocenters. The molecule has 6 atom stereocenters. The second-order valence-electron chi connectivity index (χ2n) is 13.8. The zero-order valence-electron chi connectivity index (χ0n) is 30.4. The van der Waals surface area contributed by atoms with Crippen LogP contribution in [-0.4, -0.2) is 72.0 Å². The standard InChI is InChI=1S/C41H51ClN4O6/c1-28(43)38(48)45-37(29(2)51-26-32-15-9-6-10-16-32)39(49)46-22-12-19-36(46)20-21-41(4,25-33-17-11-18-34(42)23-33)40(50)44-35(27-52-30(3)47)24-31-13-7-5-8-14-31/h5-11,13-18,20-21,23,28-29,35-37H,12,19,22,24-27,43H2,1-4H3,(H,44,50)(H,45,48)/b21-20+/t28?,29?,35-,36?,37?,41-/m0/s1. The molecule has 1 aliphatic rings. The lowest BCUT2D eigenvalue weighted by molar-refractivity contribution is -0.143. The predicted octanol–water partition coefficient (Wildman–Crippen LogP) is 5.16. The Bertz CT molecular complexity index is 1670. The van der Waals surface area contributed by atoms with Crippen molar-refractivity contribution in [3.63, 3.8) is 0 Å². The lowest BCUT2D eigenvalue weighted by Crippen LogP contribution is -2.57. The molecule has 278 valence electrons. The summed E-state index contributed by atoms with van der Waals surface area (Å²) in [6, 6.07) is 24.0. The molecular formula is C41H51ClN4O6. The summed E-state index contributed by atoms with van der Waals surface area (Å²) in [6.07, 6.45) is 5.31. The second-order valence-corrected chi connectivity index (χ2v) is 14.2. The van der Waals surface area contributed by atoms with Crippen LogP contribution in [0.3, 0.4) is 0 Å². The number of benzene rings is 3. The van der Waals surface area contributed by atoms with Crippen molar-refractivity contribution in [3.05, 3.63) is 119 Å². The number of rotatable bonds is 17. The molecule has 52 heavy (non-hydrogen) atoms. The first-order valence-corrected chi connectivity index (χ1v) is 18.2. The zero-order valence-corrected chi connectivity index (χ0v) is 31.2. The zero-order chi connectivity index (χ0) is 37.7. The predicted molar refractivity (Wildman–Crippen MR) is 202 cm³/mol. The first kappa shape index (κ1) is 40.3. The number of hydrogen-bond acceptors (Lipinski definition) is 7. The van der Waals surface area contributed by atoms with Gasteiger partial charge in [0, 0.05) is 18.5 Å². The van der Waals surface area contributed by atoms with E-state index in [1.165, 1.54) is 6.92 Å². The van der Waals surface area contributed by atoms with Gasteiger partial charge in [0.1, 0.15) is 12.6 Å². The number of ether oxygens (including phenoxy) is 2. The van der Waals surface area contributed by atoms with Crippen LogP contribution in [0, 0.1) is 5.41 Å². The van der Waals surface area contributed by atoms with Crippen molar-refractivity contribution in [3.8, 4) is 0 Å². The number of nitrogens with two attached hydrogens (primary N) is 1. The van der Waals surface area contributed by atoms with Crippen LogP contribution in [0.15, 0.2) is 97.1 Å². The Hall–Kier alpha value is -4.51. The van der Waals surface area contributed by atoms with E-state index in [4.69, 9.17) is 26.8 Å². The number of amides is 3. The van der Waals surface area contributed by atoms with Crippen LogP contribution in [0.4, 0.5) is 0 Å². The van der Waals surface area contributed by atoms with Gasteiger partial charge < -0.3 is 30.7 Å². The third kappa shape index (κ3) is 12.0. The lowest BCUT2D eigenvalue weighted by atomic mass is 9.81. The van der Waals surface area contributed by atoms with E-state index in [1.807, 2.05) is 97.9 Å². The summed E-state index contributed by atoms with van der Waals surface area (Å²) >= 11 is 6.34. The first-order valence-electron chi connectivity index (χ1n) is 17.8. The van der Waals surface area contributed by atoms with Gasteiger partial charge in [-0.05, 0) is 75.3 Å². The van der Waals surface area contributed by atoms with Crippen LogP contribution < -0.4 is 16.4 Å². The number of hydrogen-bond donors (Lipinski definition) is 3. The molecule has 10 nitrogen and oxygen atoms in total. The van der Waals surface area contributed by atoms with Crippen LogP contribution in [0.1, 0.15) is 57.2 Å². The highest BCUT2D eigenvalue weighted by atomic mass is 35.5. The minimum atomic E-state index is -1.08. The summed E-state index contributed by atoms with van der Waals surface area (Å²) < 4.78 is 11.5. The quantitative estimate of drug-likeness (QED) is 0.129. The van der Waals surface area contributed by atoms with Crippen molar-refractivity contribution in [1.82, 2.24) is 15.5 Å². The van der Waals surface area contributed by atoms with Gasteiger partial charge in [0.2, 0.25) is 17.7 Å². The molecule has 11 heteroatoms. The summed E-state index contributed by atoms with van der Waals surface area (Å²) in [4.78, 5) is 54.8. The third-order valence-corrected chi connectivity index (χ3v) is 9.43. The highest BCUT2D eigenvalue weighted by molar-refractivity contribution is 6.30. The van der Waals surface area contributed by atoms with Gasteiger partial charge in [-0.1, -0.05) is 96.5 Å². The molecule has 0 radical (unpaired) electrons. The SMILES string of the molecule is CC(=O)OC[C@H](Cc1ccccc1)NC(=O)[C@@](C)(/C=C/C1CCCN1C(=O)C(NC(=O)C(C)N)C(C)OCc1ccccc1)Cc1cccc(Cl)c1. The lowest BCUT2D eigenvalue weighted by Gasteiger charge is -2.32. The van der Waals surface area contributed by atoms with Crippen molar-refractivity contribution < 1.29 is 28.7 Å². The largest absolute Gasteiger partial charge is 0.464 e. The second kappa shape index (κ2) is 19.4. The van der Waals surface area contributed by atoms with E-state index in [2.05, 4.69) is 10.6 Å². The Kier molecular flexibility index (Phi) is 15.0. The number of esters is 1. The monoisotopic (exact) mass is 730 g/mol. The van der Waals surface area contributed by atoms with Crippen LogP contribution in [0.25, 0.3) is 0 Å². The number of likely N-dealkylation sites (tertiary alicyclic amines) is 1. The highest BCUT2D eigenvalue weighted by Crippen LogP contribution is 2.29. The molecule has 0 spiro atoms. The van der Waals surface area contributed by atoms with Gasteiger partial charge in [-0.2, -0.15) is 0 Å². The van der Waals surface area contributed by atoms with Gasteiger partial charge in [-0.3, -0.25) is 19.2 Å². The Morgan fingerprint density at radius 3 is 2.25 bits per heavy atom. The number of carbonyl (C=O) groups excluding carboxylic acids is 4. The fourth-order valence-electron chi connectivity index (χ4n) is 6.24. The molecular weight excluding hydrogens is 680 g/mol. The molecule has 1 saturated heterocycles. The number of halogens is 1. The minimum Gasteiger partial charge on any atom is -0.464 e. The third-order valence-electron chi connectivity index (χ3n) is 9.20. The topological polar surface area (TPSA) is 140 Å². The van der Waals surface area contributed by atoms with Gasteiger partial charge in [-0.15, -0.1) is 0 Å². The van der Waals surface area contributed by atoms with Crippen molar-refractivity contribution in [1.29, 1.82) is 0 Å². The van der Waals surface area contributed by atoms with Crippen molar-refractivity contribution in [2.24, 2.45) is 11.1 Å². The Balaban J connectivity index is 1.59. The molecule has 1 aliphatic heterocycles. The molecule has 0 aliphatic carbocycles. The van der Waals surface area contributed by atoms with Gasteiger partial charge in [0.05, 0.1) is 36.3 Å². The van der Waals surface area contributed by atoms with Crippen molar-refractivity contribution in [2.75, 3.05) is 13.2 Å². The Labute approximate surface area is 312 Å². The molecule has 3 aromatic rings. The van der Waals surface area contributed by atoms with E-state index in [1.54, 1.807) is 24.8 Å². The molecule has 3 aromatic carbocycles. The molecule has 3 amide bonds. The summed E-state index contributed by atoms with van der Waals surface area (Å²) in [5.41, 5.74) is 7.58. The first-order chi connectivity index (χ1) is 24.8. The number of carbonyl (C=O) groups is 4. The number of nitrogens with zero attached hydrogens (tertiary/aromatic N) is 1. The van der Waals surface area contributed by atoms with Crippen molar-refractivity contribution >= 4 is 35.3 Å². The van der Waals surface area contributed by atoms with Crippen LogP contribution in [-0.2, 0) is 48.1 Å². The average molecular weight is 731 g/mol. The fraction of sp³-hybridized carbons (Fsp3) is 0.415. The van der Waals surface area contributed by atoms with E-state index in [-0.39, 0.29) is 31.1 Å². The maximum absolute atomic E-state index is 14.3. The smallest absolute Gasteiger partial charge is 0.302 e. The molecule has 4 rings (SSSR count). The molecule has 0 bridgehead atoms. The molecule has 4 N–H and O–H groups in total. The van der Waals surface area contributed by atoms with Gasteiger partial charge in [0.15, 0.2) is 0 Å². The summed E-state index contributed by atoms with van der Waals surface area (Å²) in [6.45, 7) is 7.27. The van der Waals surface area contributed by atoms with Gasteiger partial charge >= 0.3 is 5.97 Å². The van der Waals surface area contributed by atoms with E-state index < -0.39 is 41.5 Å². The van der Waals surface area contributed by atoms with Gasteiger partial charge in [-0.25, -0.2) is 0 Å². The summed E-state index contributed by atoms with van der Waals surface area (Å²) in [5, 5.41) is 6.52. The maximum atomic E-state index is 14.3. The van der Waals surface area contributed by atoms with Crippen LogP contribution in [0.2, 0.25) is 5.02 Å². The van der Waals surface area contributed by atoms with E-state index >= 15 is 0 Å². The molecule has 1 heterocycles. The molecule has 0 aromatic heterocycles. The summed E-state index contributed by atoms with van der Waals surface area (Å²) in [7, 11) is 0. The van der Waals surface area contributed by atoms with Crippen LogP contribution in [0.5, 0.6) is 0 Å². The summed E-state index contributed by atoms with van der Waals surface area (Å²) in [5.74, 6) is -1.44. The van der Waals surface area contributed by atoms with Crippen molar-refractivity contribution in [2.45, 2.75) is 90.3 Å². The Morgan fingerprint density at radius 2 is 1.62 bits per heavy atom. The normalized spacial score (nSPS) is 17.8. The van der Waals surface area contributed by atoms with E-state index in [9.17, 15) is 19.2 Å².